The fourth-order valence-electron chi connectivity index (χ4n) is 3.52. The Labute approximate surface area is 177 Å². The largest absolute Gasteiger partial charge is 0.493 e. The molecule has 1 aromatic carbocycles. The van der Waals surface area contributed by atoms with Gasteiger partial charge in [-0.3, -0.25) is 9.48 Å². The first kappa shape index (κ1) is 20.5. The van der Waals surface area contributed by atoms with E-state index in [0.717, 1.165) is 10.1 Å². The van der Waals surface area contributed by atoms with Crippen molar-refractivity contribution in [2.24, 2.45) is 7.05 Å². The van der Waals surface area contributed by atoms with Crippen molar-refractivity contribution in [2.75, 3.05) is 7.11 Å². The summed E-state index contributed by atoms with van der Waals surface area (Å²) in [5.74, 6) is 0.830. The second kappa shape index (κ2) is 7.82. The number of methoxy groups -OCH3 is 1. The van der Waals surface area contributed by atoms with E-state index in [2.05, 4.69) is 28.9 Å². The number of aryl methyl sites for hydroxylation is 1. The average Bonchev–Trinajstić information content (AvgIpc) is 3.15. The van der Waals surface area contributed by atoms with Crippen molar-refractivity contribution < 1.29 is 9.15 Å². The van der Waals surface area contributed by atoms with E-state index >= 15 is 0 Å². The molecule has 0 bridgehead atoms. The molecule has 0 aliphatic carbocycles. The van der Waals surface area contributed by atoms with Gasteiger partial charge in [-0.05, 0) is 18.4 Å². The SMILES string of the molecule is COc1ccnc2c(=O)n([C@@H](C)c3nc(-c4ccc(C(C)C)cc4)nn3C)c(=O)oc12. The second-order valence-electron chi connectivity index (χ2n) is 7.60. The number of nitrogens with zero attached hydrogens (tertiary/aromatic N) is 5. The summed E-state index contributed by atoms with van der Waals surface area (Å²) in [6, 6.07) is 8.82. The van der Waals surface area contributed by atoms with Crippen molar-refractivity contribution in [1.29, 1.82) is 0 Å². The molecule has 0 spiro atoms. The molecule has 0 N–H and O–H groups in total. The molecule has 0 fully saturated rings. The summed E-state index contributed by atoms with van der Waals surface area (Å²) >= 11 is 0. The van der Waals surface area contributed by atoms with Crippen LogP contribution in [0.4, 0.5) is 0 Å². The van der Waals surface area contributed by atoms with Gasteiger partial charge < -0.3 is 9.15 Å². The molecule has 3 aromatic heterocycles. The van der Waals surface area contributed by atoms with Crippen molar-refractivity contribution in [3.8, 4) is 17.1 Å². The van der Waals surface area contributed by atoms with Crippen molar-refractivity contribution >= 4 is 11.1 Å². The fraction of sp³-hybridized carbons (Fsp3) is 0.318. The van der Waals surface area contributed by atoms with Gasteiger partial charge in [0.2, 0.25) is 5.58 Å². The standard InChI is InChI=1S/C22H23N5O4/c1-12(2)14-6-8-15(9-7-14)19-24-20(26(4)25-19)13(3)27-21(28)17-18(31-22(27)29)16(30-5)10-11-23-17/h6-13H,1-5H3/t13-/m0/s1. The third-order valence-corrected chi connectivity index (χ3v) is 5.29. The van der Waals surface area contributed by atoms with Crippen LogP contribution in [0.1, 0.15) is 44.1 Å². The molecule has 0 saturated carbocycles. The lowest BCUT2D eigenvalue weighted by atomic mass is 10.0. The second-order valence-corrected chi connectivity index (χ2v) is 7.60. The summed E-state index contributed by atoms with van der Waals surface area (Å²) in [5, 5.41) is 4.47. The van der Waals surface area contributed by atoms with Crippen LogP contribution in [-0.2, 0) is 7.05 Å². The van der Waals surface area contributed by atoms with Crippen LogP contribution in [-0.4, -0.2) is 31.4 Å². The first-order valence-corrected chi connectivity index (χ1v) is 9.91. The Bertz CT molecular complexity index is 1370. The first-order valence-electron chi connectivity index (χ1n) is 9.91. The van der Waals surface area contributed by atoms with E-state index in [1.54, 1.807) is 18.7 Å². The molecule has 4 aromatic rings. The van der Waals surface area contributed by atoms with Crippen LogP contribution in [0.2, 0.25) is 0 Å². The third kappa shape index (κ3) is 3.52. The zero-order valence-electron chi connectivity index (χ0n) is 18.0. The van der Waals surface area contributed by atoms with Gasteiger partial charge in [0.1, 0.15) is 6.04 Å². The molecule has 9 nitrogen and oxygen atoms in total. The predicted octanol–water partition coefficient (Wildman–Crippen LogP) is 2.89. The van der Waals surface area contributed by atoms with Crippen molar-refractivity contribution in [3.63, 3.8) is 0 Å². The highest BCUT2D eigenvalue weighted by molar-refractivity contribution is 5.77. The molecule has 0 aliphatic heterocycles. The van der Waals surface area contributed by atoms with Crippen LogP contribution in [0.25, 0.3) is 22.5 Å². The van der Waals surface area contributed by atoms with E-state index < -0.39 is 17.4 Å². The highest BCUT2D eigenvalue weighted by atomic mass is 16.5. The minimum Gasteiger partial charge on any atom is -0.493 e. The number of hydrogen-bond donors (Lipinski definition) is 0. The quantitative estimate of drug-likeness (QED) is 0.488. The van der Waals surface area contributed by atoms with Crippen LogP contribution in [0, 0.1) is 0 Å². The monoisotopic (exact) mass is 421 g/mol. The Kier molecular flexibility index (Phi) is 5.18. The van der Waals surface area contributed by atoms with Crippen LogP contribution in [0.5, 0.6) is 5.75 Å². The maximum absolute atomic E-state index is 13.0. The van der Waals surface area contributed by atoms with Crippen molar-refractivity contribution in [1.82, 2.24) is 24.3 Å². The lowest BCUT2D eigenvalue weighted by molar-refractivity contribution is 0.386. The maximum atomic E-state index is 13.0. The molecule has 0 aliphatic rings. The minimum atomic E-state index is -0.817. The molecule has 160 valence electrons. The predicted molar refractivity (Wildman–Crippen MR) is 115 cm³/mol. The zero-order valence-corrected chi connectivity index (χ0v) is 18.0. The molecule has 0 saturated heterocycles. The molecule has 9 heteroatoms. The summed E-state index contributed by atoms with van der Waals surface area (Å²) < 4.78 is 13.1. The summed E-state index contributed by atoms with van der Waals surface area (Å²) in [5.41, 5.74) is 1.52. The molecule has 0 unspecified atom stereocenters. The van der Waals surface area contributed by atoms with Gasteiger partial charge >= 0.3 is 5.76 Å². The highest BCUT2D eigenvalue weighted by Crippen LogP contribution is 2.24. The fourth-order valence-corrected chi connectivity index (χ4v) is 3.52. The van der Waals surface area contributed by atoms with Gasteiger partial charge in [-0.15, -0.1) is 0 Å². The Morgan fingerprint density at radius 1 is 1.06 bits per heavy atom. The number of rotatable bonds is 5. The minimum absolute atomic E-state index is 0.0115. The average molecular weight is 421 g/mol. The van der Waals surface area contributed by atoms with Gasteiger partial charge in [-0.25, -0.2) is 19.3 Å². The van der Waals surface area contributed by atoms with Gasteiger partial charge in [0.15, 0.2) is 22.9 Å². The van der Waals surface area contributed by atoms with Crippen LogP contribution in [0.15, 0.2) is 50.5 Å². The van der Waals surface area contributed by atoms with Gasteiger partial charge in [-0.2, -0.15) is 5.10 Å². The molecule has 0 radical (unpaired) electrons. The number of fused-ring (bicyclic) bond motifs is 1. The Hall–Kier alpha value is -3.75. The number of aromatic nitrogens is 5. The van der Waals surface area contributed by atoms with Gasteiger partial charge in [0.25, 0.3) is 5.56 Å². The van der Waals surface area contributed by atoms with Gasteiger partial charge in [0, 0.05) is 24.9 Å². The molecule has 0 amide bonds. The lowest BCUT2D eigenvalue weighted by Crippen LogP contribution is -2.36. The summed E-state index contributed by atoms with van der Waals surface area (Å²) in [6.45, 7) is 5.95. The smallest absolute Gasteiger partial charge is 0.423 e. The molecule has 3 heterocycles. The molecular formula is C22H23N5O4. The van der Waals surface area contributed by atoms with E-state index in [4.69, 9.17) is 9.15 Å². The first-order chi connectivity index (χ1) is 14.8. The Morgan fingerprint density at radius 3 is 2.42 bits per heavy atom. The topological polar surface area (TPSA) is 105 Å². The lowest BCUT2D eigenvalue weighted by Gasteiger charge is -2.13. The summed E-state index contributed by atoms with van der Waals surface area (Å²) in [4.78, 5) is 34.4. The number of hydrogen-bond acceptors (Lipinski definition) is 7. The number of benzene rings is 1. The molecule has 31 heavy (non-hydrogen) atoms. The van der Waals surface area contributed by atoms with E-state index in [0.29, 0.717) is 17.6 Å². The molecule has 4 rings (SSSR count). The van der Waals surface area contributed by atoms with E-state index in [1.807, 2.05) is 24.3 Å². The maximum Gasteiger partial charge on any atom is 0.423 e. The van der Waals surface area contributed by atoms with Crippen molar-refractivity contribution in [2.45, 2.75) is 32.7 Å². The normalized spacial score (nSPS) is 12.5. The Morgan fingerprint density at radius 2 is 1.77 bits per heavy atom. The zero-order chi connectivity index (χ0) is 22.3. The van der Waals surface area contributed by atoms with Gasteiger partial charge in [0.05, 0.1) is 7.11 Å². The number of ether oxygens (including phenoxy) is 1. The summed E-state index contributed by atoms with van der Waals surface area (Å²) in [6.07, 6.45) is 1.43. The van der Waals surface area contributed by atoms with E-state index in [-0.39, 0.29) is 16.8 Å². The van der Waals surface area contributed by atoms with Crippen LogP contribution in [0.3, 0.4) is 0 Å². The number of pyridine rings is 1. The highest BCUT2D eigenvalue weighted by Gasteiger charge is 2.23. The van der Waals surface area contributed by atoms with Crippen molar-refractivity contribution in [3.05, 3.63) is 68.8 Å². The van der Waals surface area contributed by atoms with Gasteiger partial charge in [-0.1, -0.05) is 38.1 Å². The van der Waals surface area contributed by atoms with E-state index in [1.165, 1.54) is 24.9 Å². The third-order valence-electron chi connectivity index (χ3n) is 5.29. The summed E-state index contributed by atoms with van der Waals surface area (Å²) in [7, 11) is 3.15. The molecular weight excluding hydrogens is 398 g/mol. The van der Waals surface area contributed by atoms with Crippen LogP contribution >= 0.6 is 0 Å². The van der Waals surface area contributed by atoms with Crippen LogP contribution < -0.4 is 16.1 Å². The Balaban J connectivity index is 1.79. The van der Waals surface area contributed by atoms with E-state index in [9.17, 15) is 9.59 Å². The molecule has 1 atom stereocenters.